The molecule has 0 spiro atoms. The SMILES string of the molecule is Cc1cc2oc(=O)cc(CNCCc3ccccc3F)c2cc1Cl. The van der Waals surface area contributed by atoms with E-state index in [4.69, 9.17) is 16.0 Å². The lowest BCUT2D eigenvalue weighted by atomic mass is 10.1. The zero-order chi connectivity index (χ0) is 17.1. The maximum Gasteiger partial charge on any atom is 0.336 e. The number of hydrogen-bond acceptors (Lipinski definition) is 3. The van der Waals surface area contributed by atoms with Crippen LogP contribution in [0.25, 0.3) is 11.0 Å². The molecule has 0 unspecified atom stereocenters. The molecule has 1 heterocycles. The summed E-state index contributed by atoms with van der Waals surface area (Å²) in [6.45, 7) is 2.94. The molecule has 0 aliphatic heterocycles. The van der Waals surface area contributed by atoms with Gasteiger partial charge in [0.15, 0.2) is 0 Å². The highest BCUT2D eigenvalue weighted by Gasteiger charge is 2.08. The molecule has 0 radical (unpaired) electrons. The highest BCUT2D eigenvalue weighted by molar-refractivity contribution is 6.32. The summed E-state index contributed by atoms with van der Waals surface area (Å²) in [6, 6.07) is 11.8. The van der Waals surface area contributed by atoms with Crippen LogP contribution in [0.5, 0.6) is 0 Å². The highest BCUT2D eigenvalue weighted by Crippen LogP contribution is 2.25. The summed E-state index contributed by atoms with van der Waals surface area (Å²) in [5.74, 6) is -0.202. The summed E-state index contributed by atoms with van der Waals surface area (Å²) in [5, 5.41) is 4.68. The van der Waals surface area contributed by atoms with E-state index in [1.165, 1.54) is 12.1 Å². The van der Waals surface area contributed by atoms with Crippen molar-refractivity contribution >= 4 is 22.6 Å². The van der Waals surface area contributed by atoms with E-state index in [1.54, 1.807) is 18.2 Å². The quantitative estimate of drug-likeness (QED) is 0.556. The van der Waals surface area contributed by atoms with Crippen molar-refractivity contribution in [1.82, 2.24) is 5.32 Å². The second kappa shape index (κ2) is 7.16. The third-order valence-corrected chi connectivity index (χ3v) is 4.36. The highest BCUT2D eigenvalue weighted by atomic mass is 35.5. The van der Waals surface area contributed by atoms with E-state index in [1.807, 2.05) is 19.1 Å². The second-order valence-electron chi connectivity index (χ2n) is 5.71. The van der Waals surface area contributed by atoms with Gasteiger partial charge in [0.2, 0.25) is 0 Å². The normalized spacial score (nSPS) is 11.1. The number of halogens is 2. The Kier molecular flexibility index (Phi) is 4.97. The maximum absolute atomic E-state index is 13.6. The molecule has 1 aromatic heterocycles. The number of benzene rings is 2. The average Bonchev–Trinajstić information content (AvgIpc) is 2.54. The van der Waals surface area contributed by atoms with Crippen LogP contribution in [-0.2, 0) is 13.0 Å². The van der Waals surface area contributed by atoms with Gasteiger partial charge >= 0.3 is 5.63 Å². The van der Waals surface area contributed by atoms with Crippen LogP contribution in [0, 0.1) is 12.7 Å². The van der Waals surface area contributed by atoms with Gasteiger partial charge in [-0.1, -0.05) is 29.8 Å². The zero-order valence-electron chi connectivity index (χ0n) is 13.2. The van der Waals surface area contributed by atoms with Crippen LogP contribution in [0.15, 0.2) is 51.7 Å². The van der Waals surface area contributed by atoms with Crippen molar-refractivity contribution in [2.45, 2.75) is 19.9 Å². The molecule has 2 aromatic carbocycles. The van der Waals surface area contributed by atoms with Crippen molar-refractivity contribution in [3.8, 4) is 0 Å². The lowest BCUT2D eigenvalue weighted by molar-refractivity contribution is 0.556. The van der Waals surface area contributed by atoms with Crippen LogP contribution in [0.2, 0.25) is 5.02 Å². The molecule has 3 aromatic rings. The molecule has 0 aliphatic carbocycles. The Bertz CT molecular complexity index is 936. The maximum atomic E-state index is 13.6. The van der Waals surface area contributed by atoms with Gasteiger partial charge in [0.25, 0.3) is 0 Å². The minimum atomic E-state index is -0.393. The van der Waals surface area contributed by atoms with Gasteiger partial charge in [0, 0.05) is 23.0 Å². The predicted octanol–water partition coefficient (Wildman–Crippen LogP) is 4.23. The molecule has 0 fully saturated rings. The Morgan fingerprint density at radius 3 is 2.75 bits per heavy atom. The molecule has 3 rings (SSSR count). The van der Waals surface area contributed by atoms with E-state index in [9.17, 15) is 9.18 Å². The Balaban J connectivity index is 1.74. The zero-order valence-corrected chi connectivity index (χ0v) is 14.0. The molecule has 0 atom stereocenters. The number of hydrogen-bond donors (Lipinski definition) is 1. The summed E-state index contributed by atoms with van der Waals surface area (Å²) in [4.78, 5) is 11.7. The van der Waals surface area contributed by atoms with Gasteiger partial charge in [0.05, 0.1) is 0 Å². The molecule has 0 bridgehead atoms. The van der Waals surface area contributed by atoms with Crippen molar-refractivity contribution in [1.29, 1.82) is 0 Å². The first-order valence-corrected chi connectivity index (χ1v) is 8.09. The molecular weight excluding hydrogens is 329 g/mol. The number of rotatable bonds is 5. The average molecular weight is 346 g/mol. The van der Waals surface area contributed by atoms with E-state index in [2.05, 4.69) is 5.32 Å². The van der Waals surface area contributed by atoms with Gasteiger partial charge in [0.1, 0.15) is 11.4 Å². The summed E-state index contributed by atoms with van der Waals surface area (Å²) in [7, 11) is 0. The van der Waals surface area contributed by atoms with Crippen molar-refractivity contribution in [2.24, 2.45) is 0 Å². The molecule has 3 nitrogen and oxygen atoms in total. The topological polar surface area (TPSA) is 42.2 Å². The van der Waals surface area contributed by atoms with Crippen molar-refractivity contribution < 1.29 is 8.81 Å². The van der Waals surface area contributed by atoms with Gasteiger partial charge in [-0.25, -0.2) is 9.18 Å². The fourth-order valence-electron chi connectivity index (χ4n) is 2.64. The number of aryl methyl sites for hydroxylation is 1. The monoisotopic (exact) mass is 345 g/mol. The van der Waals surface area contributed by atoms with Gasteiger partial charge in [-0.15, -0.1) is 0 Å². The lowest BCUT2D eigenvalue weighted by Crippen LogP contribution is -2.18. The van der Waals surface area contributed by atoms with Gasteiger partial charge < -0.3 is 9.73 Å². The van der Waals surface area contributed by atoms with E-state index < -0.39 is 5.63 Å². The van der Waals surface area contributed by atoms with Gasteiger partial charge in [-0.2, -0.15) is 0 Å². The summed E-state index contributed by atoms with van der Waals surface area (Å²) < 4.78 is 18.8. The smallest absolute Gasteiger partial charge is 0.336 e. The van der Waals surface area contributed by atoms with E-state index in [0.29, 0.717) is 35.7 Å². The number of nitrogens with one attached hydrogen (secondary N) is 1. The third kappa shape index (κ3) is 3.66. The Labute approximate surface area is 144 Å². The second-order valence-corrected chi connectivity index (χ2v) is 6.11. The van der Waals surface area contributed by atoms with Crippen LogP contribution in [0.1, 0.15) is 16.7 Å². The Morgan fingerprint density at radius 2 is 1.96 bits per heavy atom. The van der Waals surface area contributed by atoms with Gasteiger partial charge in [-0.05, 0) is 54.8 Å². The fourth-order valence-corrected chi connectivity index (χ4v) is 2.81. The van der Waals surface area contributed by atoms with E-state index in [-0.39, 0.29) is 5.82 Å². The standard InChI is InChI=1S/C19H17ClFNO2/c1-12-8-18-15(10-16(12)20)14(9-19(23)24-18)11-22-7-6-13-4-2-3-5-17(13)21/h2-5,8-10,22H,6-7,11H2,1H3. The first kappa shape index (κ1) is 16.7. The minimum Gasteiger partial charge on any atom is -0.423 e. The van der Waals surface area contributed by atoms with Crippen molar-refractivity contribution in [3.05, 3.63) is 80.4 Å². The largest absolute Gasteiger partial charge is 0.423 e. The molecule has 5 heteroatoms. The molecule has 0 amide bonds. The fraction of sp³-hybridized carbons (Fsp3) is 0.211. The first-order valence-electron chi connectivity index (χ1n) is 7.71. The predicted molar refractivity (Wildman–Crippen MR) is 94.0 cm³/mol. The Morgan fingerprint density at radius 1 is 1.17 bits per heavy atom. The molecule has 24 heavy (non-hydrogen) atoms. The Hall–Kier alpha value is -2.17. The van der Waals surface area contributed by atoms with Gasteiger partial charge in [-0.3, -0.25) is 0 Å². The molecule has 0 saturated heterocycles. The van der Waals surface area contributed by atoms with Crippen molar-refractivity contribution in [3.63, 3.8) is 0 Å². The third-order valence-electron chi connectivity index (χ3n) is 3.95. The summed E-state index contributed by atoms with van der Waals surface area (Å²) in [6.07, 6.45) is 0.575. The molecule has 1 N–H and O–H groups in total. The van der Waals surface area contributed by atoms with Crippen LogP contribution in [-0.4, -0.2) is 6.54 Å². The van der Waals surface area contributed by atoms with E-state index in [0.717, 1.165) is 16.5 Å². The first-order chi connectivity index (χ1) is 11.5. The lowest BCUT2D eigenvalue weighted by Gasteiger charge is -2.09. The number of fused-ring (bicyclic) bond motifs is 1. The van der Waals surface area contributed by atoms with Crippen LogP contribution < -0.4 is 10.9 Å². The molecule has 0 saturated carbocycles. The van der Waals surface area contributed by atoms with Crippen molar-refractivity contribution in [2.75, 3.05) is 6.54 Å². The molecule has 0 aliphatic rings. The minimum absolute atomic E-state index is 0.202. The molecular formula is C19H17ClFNO2. The van der Waals surface area contributed by atoms with Crippen LogP contribution in [0.3, 0.4) is 0 Å². The van der Waals surface area contributed by atoms with Crippen LogP contribution >= 0.6 is 11.6 Å². The van der Waals surface area contributed by atoms with Crippen LogP contribution in [0.4, 0.5) is 4.39 Å². The van der Waals surface area contributed by atoms with E-state index >= 15 is 0 Å². The molecule has 124 valence electrons. The summed E-state index contributed by atoms with van der Waals surface area (Å²) in [5.41, 5.74) is 2.47. The summed E-state index contributed by atoms with van der Waals surface area (Å²) >= 11 is 6.18.